The van der Waals surface area contributed by atoms with Gasteiger partial charge in [0, 0.05) is 20.3 Å². The van der Waals surface area contributed by atoms with Crippen LogP contribution in [-0.2, 0) is 9.47 Å². The van der Waals surface area contributed by atoms with Gasteiger partial charge in [-0.15, -0.1) is 0 Å². The van der Waals surface area contributed by atoms with E-state index in [2.05, 4.69) is 27.7 Å². The van der Waals surface area contributed by atoms with Gasteiger partial charge < -0.3 is 9.47 Å². The summed E-state index contributed by atoms with van der Waals surface area (Å²) in [5.41, 5.74) is 0. The van der Waals surface area contributed by atoms with Gasteiger partial charge in [-0.25, -0.2) is 0 Å². The largest absolute Gasteiger partial charge is 0.381 e. The Labute approximate surface area is 125 Å². The van der Waals surface area contributed by atoms with Crippen LogP contribution < -0.4 is 0 Å². The second kappa shape index (κ2) is 7.26. The van der Waals surface area contributed by atoms with Crippen molar-refractivity contribution in [2.45, 2.75) is 59.5 Å². The highest BCUT2D eigenvalue weighted by atomic mass is 16.5. The minimum atomic E-state index is 0.447. The summed E-state index contributed by atoms with van der Waals surface area (Å²) in [5, 5.41) is 0. The van der Waals surface area contributed by atoms with E-state index >= 15 is 0 Å². The zero-order valence-corrected chi connectivity index (χ0v) is 14.1. The summed E-state index contributed by atoms with van der Waals surface area (Å²) in [5.74, 6) is 4.53. The quantitative estimate of drug-likeness (QED) is 0.761. The Balaban J connectivity index is 2.11. The fourth-order valence-electron chi connectivity index (χ4n) is 4.73. The molecule has 2 aliphatic rings. The van der Waals surface area contributed by atoms with Crippen molar-refractivity contribution in [3.05, 3.63) is 0 Å². The molecule has 2 nitrogen and oxygen atoms in total. The maximum Gasteiger partial charge on any atom is 0.0631 e. The predicted molar refractivity (Wildman–Crippen MR) is 83.7 cm³/mol. The second-order valence-corrected chi connectivity index (χ2v) is 7.84. The van der Waals surface area contributed by atoms with Crippen molar-refractivity contribution in [1.29, 1.82) is 0 Å². The van der Waals surface area contributed by atoms with Crippen LogP contribution in [0.4, 0.5) is 0 Å². The first-order valence-corrected chi connectivity index (χ1v) is 8.63. The number of hydrogen-bond donors (Lipinski definition) is 0. The van der Waals surface area contributed by atoms with Crippen molar-refractivity contribution in [2.24, 2.45) is 35.5 Å². The van der Waals surface area contributed by atoms with Crippen LogP contribution in [0.15, 0.2) is 0 Å². The van der Waals surface area contributed by atoms with Gasteiger partial charge in [0.25, 0.3) is 0 Å². The molecule has 1 saturated heterocycles. The normalized spacial score (nSPS) is 42.9. The highest BCUT2D eigenvalue weighted by Gasteiger charge is 2.42. The lowest BCUT2D eigenvalue weighted by Gasteiger charge is -2.47. The number of rotatable bonds is 4. The Hall–Kier alpha value is -0.0800. The summed E-state index contributed by atoms with van der Waals surface area (Å²) < 4.78 is 11.8. The van der Waals surface area contributed by atoms with Crippen LogP contribution in [0, 0.1) is 35.5 Å². The predicted octanol–water partition coefficient (Wildman–Crippen LogP) is 4.38. The number of ether oxygens (including phenoxy) is 2. The van der Waals surface area contributed by atoms with Gasteiger partial charge in [0.2, 0.25) is 0 Å². The van der Waals surface area contributed by atoms with E-state index in [1.807, 2.05) is 7.11 Å². The smallest absolute Gasteiger partial charge is 0.0631 e. The lowest BCUT2D eigenvalue weighted by Crippen LogP contribution is -2.46. The Morgan fingerprint density at radius 2 is 1.90 bits per heavy atom. The van der Waals surface area contributed by atoms with Crippen LogP contribution in [0.5, 0.6) is 0 Å². The molecule has 0 aromatic carbocycles. The van der Waals surface area contributed by atoms with Crippen LogP contribution >= 0.6 is 0 Å². The Bertz CT molecular complexity index is 287. The molecule has 6 unspecified atom stereocenters. The van der Waals surface area contributed by atoms with Crippen molar-refractivity contribution in [2.75, 3.05) is 20.3 Å². The van der Waals surface area contributed by atoms with Gasteiger partial charge in [-0.3, -0.25) is 0 Å². The molecule has 0 radical (unpaired) electrons. The van der Waals surface area contributed by atoms with Crippen molar-refractivity contribution in [3.8, 4) is 0 Å². The maximum absolute atomic E-state index is 6.01. The molecule has 0 bridgehead atoms. The van der Waals surface area contributed by atoms with Crippen LogP contribution in [0.3, 0.4) is 0 Å². The molecule has 2 fully saturated rings. The molecule has 20 heavy (non-hydrogen) atoms. The lowest BCUT2D eigenvalue weighted by atomic mass is 9.64. The summed E-state index contributed by atoms with van der Waals surface area (Å²) in [6.07, 6.45) is 5.64. The van der Waals surface area contributed by atoms with E-state index in [9.17, 15) is 0 Å². The first-order valence-electron chi connectivity index (χ1n) is 8.63. The van der Waals surface area contributed by atoms with Gasteiger partial charge >= 0.3 is 0 Å². The molecule has 0 aromatic rings. The van der Waals surface area contributed by atoms with Crippen LogP contribution in [0.1, 0.15) is 53.4 Å². The van der Waals surface area contributed by atoms with Gasteiger partial charge in [0.1, 0.15) is 0 Å². The molecular formula is C18H34O2. The molecule has 2 heteroatoms. The van der Waals surface area contributed by atoms with Crippen LogP contribution in [0.2, 0.25) is 0 Å². The van der Waals surface area contributed by atoms with E-state index in [4.69, 9.17) is 9.47 Å². The van der Waals surface area contributed by atoms with E-state index in [1.165, 1.54) is 25.7 Å². The summed E-state index contributed by atoms with van der Waals surface area (Å²) >= 11 is 0. The van der Waals surface area contributed by atoms with E-state index in [-0.39, 0.29) is 0 Å². The van der Waals surface area contributed by atoms with Crippen molar-refractivity contribution < 1.29 is 9.47 Å². The van der Waals surface area contributed by atoms with Crippen molar-refractivity contribution in [3.63, 3.8) is 0 Å². The van der Waals surface area contributed by atoms with E-state index in [1.54, 1.807) is 0 Å². The fraction of sp³-hybridized carbons (Fsp3) is 1.00. The summed E-state index contributed by atoms with van der Waals surface area (Å²) in [6, 6.07) is 0. The minimum absolute atomic E-state index is 0.447. The molecule has 118 valence electrons. The molecular weight excluding hydrogens is 248 g/mol. The number of hydrogen-bond acceptors (Lipinski definition) is 2. The molecule has 0 aromatic heterocycles. The lowest BCUT2D eigenvalue weighted by molar-refractivity contribution is -0.1000. The monoisotopic (exact) mass is 282 g/mol. The summed E-state index contributed by atoms with van der Waals surface area (Å²) in [4.78, 5) is 0. The average Bonchev–Trinajstić information content (AvgIpc) is 2.38. The Morgan fingerprint density at radius 3 is 2.50 bits per heavy atom. The number of methoxy groups -OCH3 is 1. The van der Waals surface area contributed by atoms with E-state index < -0.39 is 0 Å². The zero-order chi connectivity index (χ0) is 14.7. The molecule has 0 spiro atoms. The molecule has 1 heterocycles. The standard InChI is InChI=1S/C18H34O2/c1-12(2)8-15-9-13(3)10-16(18(15)19-5)17-11-20-7-6-14(17)4/h12-18H,6-11H2,1-5H3. The molecule has 0 amide bonds. The Kier molecular flexibility index (Phi) is 5.92. The summed E-state index contributed by atoms with van der Waals surface area (Å²) in [6.45, 7) is 11.4. The molecule has 1 saturated carbocycles. The fourth-order valence-corrected chi connectivity index (χ4v) is 4.73. The molecule has 1 aliphatic heterocycles. The highest BCUT2D eigenvalue weighted by molar-refractivity contribution is 4.92. The Morgan fingerprint density at radius 1 is 1.15 bits per heavy atom. The van der Waals surface area contributed by atoms with Gasteiger partial charge in [-0.2, -0.15) is 0 Å². The van der Waals surface area contributed by atoms with Crippen molar-refractivity contribution in [1.82, 2.24) is 0 Å². The van der Waals surface area contributed by atoms with Crippen LogP contribution in [0.25, 0.3) is 0 Å². The van der Waals surface area contributed by atoms with Gasteiger partial charge in [-0.05, 0) is 61.2 Å². The van der Waals surface area contributed by atoms with Crippen molar-refractivity contribution >= 4 is 0 Å². The zero-order valence-electron chi connectivity index (χ0n) is 14.1. The third kappa shape index (κ3) is 3.76. The third-order valence-corrected chi connectivity index (χ3v) is 5.62. The van der Waals surface area contributed by atoms with Gasteiger partial charge in [-0.1, -0.05) is 27.7 Å². The first kappa shape index (κ1) is 16.3. The van der Waals surface area contributed by atoms with E-state index in [0.717, 1.165) is 36.9 Å². The highest BCUT2D eigenvalue weighted by Crippen LogP contribution is 2.44. The van der Waals surface area contributed by atoms with Gasteiger partial charge in [0.15, 0.2) is 0 Å². The third-order valence-electron chi connectivity index (χ3n) is 5.62. The summed E-state index contributed by atoms with van der Waals surface area (Å²) in [7, 11) is 1.93. The van der Waals surface area contributed by atoms with E-state index in [0.29, 0.717) is 17.9 Å². The molecule has 0 N–H and O–H groups in total. The maximum atomic E-state index is 6.01. The average molecular weight is 282 g/mol. The van der Waals surface area contributed by atoms with Gasteiger partial charge in [0.05, 0.1) is 6.10 Å². The molecule has 1 aliphatic carbocycles. The topological polar surface area (TPSA) is 18.5 Å². The van der Waals surface area contributed by atoms with Crippen LogP contribution in [-0.4, -0.2) is 26.4 Å². The molecule has 6 atom stereocenters. The SMILES string of the molecule is COC1C(CC(C)C)CC(C)CC1C1COCCC1C. The first-order chi connectivity index (χ1) is 9.52. The molecule has 2 rings (SSSR count). The minimum Gasteiger partial charge on any atom is -0.381 e. The second-order valence-electron chi connectivity index (χ2n) is 7.84.